The number of nitrogens with two attached hydrogens (primary N) is 1. The summed E-state index contributed by atoms with van der Waals surface area (Å²) in [6.07, 6.45) is 5.16. The van der Waals surface area contributed by atoms with Gasteiger partial charge in [0.1, 0.15) is 16.5 Å². The number of aromatic nitrogens is 2. The molecule has 0 aliphatic carbocycles. The van der Waals surface area contributed by atoms with Crippen LogP contribution >= 0.6 is 0 Å². The average molecular weight is 474 g/mol. The van der Waals surface area contributed by atoms with E-state index >= 15 is 0 Å². The molecule has 0 bridgehead atoms. The Labute approximate surface area is 194 Å². The fourth-order valence-electron chi connectivity index (χ4n) is 4.47. The Balaban J connectivity index is 1.72. The van der Waals surface area contributed by atoms with Gasteiger partial charge in [0.05, 0.1) is 17.4 Å². The molecule has 0 spiro atoms. The maximum Gasteiger partial charge on any atom is 0.268 e. The van der Waals surface area contributed by atoms with Crippen LogP contribution in [-0.4, -0.2) is 43.0 Å². The fourth-order valence-corrected chi connectivity index (χ4v) is 5.52. The lowest BCUT2D eigenvalue weighted by molar-refractivity contribution is 0.0123. The molecule has 0 saturated carbocycles. The number of hydrogen-bond donors (Lipinski definition) is 2. The lowest BCUT2D eigenvalue weighted by Crippen LogP contribution is -2.44. The van der Waals surface area contributed by atoms with E-state index in [2.05, 4.69) is 35.4 Å². The summed E-state index contributed by atoms with van der Waals surface area (Å²) >= 11 is 0. The zero-order chi connectivity index (χ0) is 23.8. The number of ether oxygens (including phenoxy) is 1. The average Bonchev–Trinajstić information content (AvgIpc) is 3.06. The van der Waals surface area contributed by atoms with Gasteiger partial charge < -0.3 is 15.4 Å². The molecule has 1 amide bonds. The molecule has 2 saturated heterocycles. The van der Waals surface area contributed by atoms with Gasteiger partial charge in [0.15, 0.2) is 0 Å². The largest absolute Gasteiger partial charge is 0.383 e. The third kappa shape index (κ3) is 4.54. The lowest BCUT2D eigenvalue weighted by Gasteiger charge is -2.37. The number of hydrogen-bond acceptors (Lipinski definition) is 8. The second-order valence-corrected chi connectivity index (χ2v) is 10.9. The molecule has 2 aromatic heterocycles. The van der Waals surface area contributed by atoms with Gasteiger partial charge in [-0.25, -0.2) is 23.1 Å². The summed E-state index contributed by atoms with van der Waals surface area (Å²) in [4.78, 5) is 23.8. The molecule has 10 heteroatoms. The van der Waals surface area contributed by atoms with E-state index in [1.54, 1.807) is 12.1 Å². The number of nitrogens with one attached hydrogen (secondary N) is 1. The predicted molar refractivity (Wildman–Crippen MR) is 125 cm³/mol. The number of amides is 1. The van der Waals surface area contributed by atoms with Crippen molar-refractivity contribution >= 4 is 27.6 Å². The highest BCUT2D eigenvalue weighted by Crippen LogP contribution is 2.39. The summed E-state index contributed by atoms with van der Waals surface area (Å²) in [5.41, 5.74) is 6.44. The minimum atomic E-state index is -4.21. The molecule has 2 atom stereocenters. The van der Waals surface area contributed by atoms with E-state index in [9.17, 15) is 13.2 Å². The summed E-state index contributed by atoms with van der Waals surface area (Å²) < 4.78 is 33.8. The summed E-state index contributed by atoms with van der Waals surface area (Å²) in [6.45, 7) is 7.80. The van der Waals surface area contributed by atoms with Crippen molar-refractivity contribution in [2.24, 2.45) is 5.92 Å². The number of sulfonamides is 1. The van der Waals surface area contributed by atoms with Crippen LogP contribution in [0.4, 0.5) is 11.6 Å². The number of carbonyl (C=O) groups is 1. The molecule has 2 aromatic rings. The Bertz CT molecular complexity index is 1150. The third-order valence-electron chi connectivity index (χ3n) is 6.91. The van der Waals surface area contributed by atoms with Crippen LogP contribution < -0.4 is 15.4 Å². The number of nitrogen functional groups attached to an aromatic ring is 1. The van der Waals surface area contributed by atoms with Crippen LogP contribution in [0, 0.1) is 5.92 Å². The van der Waals surface area contributed by atoms with Gasteiger partial charge in [-0.3, -0.25) is 4.79 Å². The lowest BCUT2D eigenvalue weighted by atomic mass is 9.90. The molecule has 0 radical (unpaired) electrons. The molecule has 2 fully saturated rings. The van der Waals surface area contributed by atoms with E-state index < -0.39 is 15.9 Å². The first kappa shape index (κ1) is 23.4. The molecule has 0 aromatic carbocycles. The molecule has 3 N–H and O–H groups in total. The van der Waals surface area contributed by atoms with Gasteiger partial charge in [-0.15, -0.1) is 0 Å². The Morgan fingerprint density at radius 1 is 1.24 bits per heavy atom. The van der Waals surface area contributed by atoms with Gasteiger partial charge in [0.25, 0.3) is 15.9 Å². The highest BCUT2D eigenvalue weighted by Gasteiger charge is 2.41. The zero-order valence-electron chi connectivity index (χ0n) is 19.2. The van der Waals surface area contributed by atoms with Crippen molar-refractivity contribution in [3.8, 4) is 0 Å². The number of anilines is 2. The van der Waals surface area contributed by atoms with Crippen molar-refractivity contribution in [2.45, 2.75) is 63.0 Å². The minimum Gasteiger partial charge on any atom is -0.383 e. The first-order valence-electron chi connectivity index (χ1n) is 11.3. The monoisotopic (exact) mass is 473 g/mol. The summed E-state index contributed by atoms with van der Waals surface area (Å²) in [7, 11) is -4.21. The smallest absolute Gasteiger partial charge is 0.268 e. The second kappa shape index (κ2) is 8.90. The molecular formula is C23H31N5O4S. The van der Waals surface area contributed by atoms with Crippen molar-refractivity contribution < 1.29 is 17.9 Å². The van der Waals surface area contributed by atoms with Crippen LogP contribution in [0.15, 0.2) is 35.4 Å². The van der Waals surface area contributed by atoms with E-state index in [4.69, 9.17) is 15.5 Å². The highest BCUT2D eigenvalue weighted by molar-refractivity contribution is 7.90. The SMILES string of the molecule is CC1CCN(c2nc(C3CCCCO3)ccc2C(=O)NS(=O)(=O)c2cccnc2N)C1(C)C. The van der Waals surface area contributed by atoms with Crippen molar-refractivity contribution in [2.75, 3.05) is 23.8 Å². The summed E-state index contributed by atoms with van der Waals surface area (Å²) in [6, 6.07) is 6.17. The molecule has 2 aliphatic rings. The molecule has 178 valence electrons. The Morgan fingerprint density at radius 3 is 2.67 bits per heavy atom. The van der Waals surface area contributed by atoms with Gasteiger partial charge >= 0.3 is 0 Å². The van der Waals surface area contributed by atoms with Gasteiger partial charge in [-0.1, -0.05) is 6.92 Å². The first-order chi connectivity index (χ1) is 15.6. The maximum atomic E-state index is 13.3. The van der Waals surface area contributed by atoms with Crippen molar-refractivity contribution in [3.63, 3.8) is 0 Å². The van der Waals surface area contributed by atoms with E-state index in [1.165, 1.54) is 18.3 Å². The standard InChI is InChI=1S/C23H31N5O4S/c1-15-11-13-28(23(15,2)3)21-16(9-10-17(26-21)18-7-4-5-14-32-18)22(29)27-33(30,31)19-8-6-12-25-20(19)24/h6,8-10,12,15,18H,4-5,7,11,13-14H2,1-3H3,(H2,24,25)(H,27,29). The minimum absolute atomic E-state index is 0.128. The topological polar surface area (TPSA) is 128 Å². The number of nitrogens with zero attached hydrogens (tertiary/aromatic N) is 3. The Morgan fingerprint density at radius 2 is 2.03 bits per heavy atom. The van der Waals surface area contributed by atoms with E-state index in [-0.39, 0.29) is 27.9 Å². The van der Waals surface area contributed by atoms with Crippen LogP contribution in [-0.2, 0) is 14.8 Å². The van der Waals surface area contributed by atoms with Crippen molar-refractivity contribution in [1.29, 1.82) is 0 Å². The molecule has 9 nitrogen and oxygen atoms in total. The molecular weight excluding hydrogens is 442 g/mol. The van der Waals surface area contributed by atoms with E-state index in [0.29, 0.717) is 18.3 Å². The van der Waals surface area contributed by atoms with E-state index in [1.807, 2.05) is 0 Å². The van der Waals surface area contributed by atoms with Crippen LogP contribution in [0.3, 0.4) is 0 Å². The molecule has 2 unspecified atom stereocenters. The van der Waals surface area contributed by atoms with Crippen LogP contribution in [0.1, 0.15) is 68.6 Å². The highest BCUT2D eigenvalue weighted by atomic mass is 32.2. The quantitative estimate of drug-likeness (QED) is 0.678. The molecule has 2 aliphatic heterocycles. The van der Waals surface area contributed by atoms with Crippen LogP contribution in [0.5, 0.6) is 0 Å². The summed E-state index contributed by atoms with van der Waals surface area (Å²) in [5.74, 6) is -0.0748. The normalized spacial score (nSPS) is 22.8. The van der Waals surface area contributed by atoms with Gasteiger partial charge in [-0.2, -0.15) is 0 Å². The molecule has 4 rings (SSSR count). The fraction of sp³-hybridized carbons (Fsp3) is 0.522. The van der Waals surface area contributed by atoms with Crippen LogP contribution in [0.25, 0.3) is 0 Å². The second-order valence-electron chi connectivity index (χ2n) is 9.28. The first-order valence-corrected chi connectivity index (χ1v) is 12.8. The number of rotatable bonds is 5. The maximum absolute atomic E-state index is 13.3. The molecule has 4 heterocycles. The van der Waals surface area contributed by atoms with Gasteiger partial charge in [-0.05, 0) is 69.7 Å². The number of carbonyl (C=O) groups excluding carboxylic acids is 1. The Kier molecular flexibility index (Phi) is 6.32. The van der Waals surface area contributed by atoms with E-state index in [0.717, 1.165) is 37.9 Å². The van der Waals surface area contributed by atoms with Crippen molar-refractivity contribution in [3.05, 3.63) is 41.7 Å². The predicted octanol–water partition coefficient (Wildman–Crippen LogP) is 3.04. The molecule has 33 heavy (non-hydrogen) atoms. The Hall–Kier alpha value is -2.72. The van der Waals surface area contributed by atoms with Gasteiger partial charge in [0, 0.05) is 24.9 Å². The number of pyridine rings is 2. The van der Waals surface area contributed by atoms with Gasteiger partial charge in [0.2, 0.25) is 0 Å². The zero-order valence-corrected chi connectivity index (χ0v) is 20.1. The van der Waals surface area contributed by atoms with Crippen molar-refractivity contribution in [1.82, 2.24) is 14.7 Å². The third-order valence-corrected chi connectivity index (χ3v) is 8.29. The summed E-state index contributed by atoms with van der Waals surface area (Å²) in [5, 5.41) is 0. The van der Waals surface area contributed by atoms with Crippen LogP contribution in [0.2, 0.25) is 0 Å².